The van der Waals surface area contributed by atoms with Crippen molar-refractivity contribution in [1.82, 2.24) is 25.0 Å². The van der Waals surface area contributed by atoms with Gasteiger partial charge in [0.05, 0.1) is 6.54 Å². The lowest BCUT2D eigenvalue weighted by atomic mass is 10.2. The number of aliphatic imine (C=N–C) groups is 1. The van der Waals surface area contributed by atoms with Crippen LogP contribution in [0.5, 0.6) is 5.75 Å². The predicted molar refractivity (Wildman–Crippen MR) is 100 cm³/mol. The number of hydrogen-bond donors (Lipinski definition) is 1. The summed E-state index contributed by atoms with van der Waals surface area (Å²) < 4.78 is 7.91. The minimum atomic E-state index is 0.605. The molecule has 7 nitrogen and oxygen atoms in total. The van der Waals surface area contributed by atoms with E-state index in [9.17, 15) is 0 Å². The van der Waals surface area contributed by atoms with E-state index in [0.717, 1.165) is 49.2 Å². The number of nitrogens with one attached hydrogen (secondary N) is 1. The summed E-state index contributed by atoms with van der Waals surface area (Å²) in [4.78, 5) is 6.39. The number of rotatable bonds is 8. The van der Waals surface area contributed by atoms with Crippen LogP contribution in [0.1, 0.15) is 18.3 Å². The van der Waals surface area contributed by atoms with Gasteiger partial charge in [0.25, 0.3) is 0 Å². The molecule has 2 aromatic rings. The number of para-hydroxylation sites is 1. The quantitative estimate of drug-likeness (QED) is 0.583. The predicted octanol–water partition coefficient (Wildman–Crippen LogP) is 1.74. The van der Waals surface area contributed by atoms with Crippen LogP contribution in [0.2, 0.25) is 0 Å². The van der Waals surface area contributed by atoms with Crippen LogP contribution in [0.4, 0.5) is 0 Å². The Morgan fingerprint density at radius 3 is 2.88 bits per heavy atom. The second-order valence-electron chi connectivity index (χ2n) is 5.80. The average Bonchev–Trinajstić information content (AvgIpc) is 3.07. The molecule has 0 aliphatic carbocycles. The van der Waals surface area contributed by atoms with E-state index in [1.165, 1.54) is 0 Å². The molecule has 0 fully saturated rings. The van der Waals surface area contributed by atoms with Crippen LogP contribution < -0.4 is 10.1 Å². The molecule has 7 heteroatoms. The van der Waals surface area contributed by atoms with Crippen molar-refractivity contribution in [1.29, 1.82) is 0 Å². The smallest absolute Gasteiger partial charge is 0.193 e. The Kier molecular flexibility index (Phi) is 7.25. The van der Waals surface area contributed by atoms with Gasteiger partial charge >= 0.3 is 0 Å². The highest BCUT2D eigenvalue weighted by atomic mass is 16.5. The van der Waals surface area contributed by atoms with Crippen molar-refractivity contribution in [2.75, 3.05) is 33.8 Å². The highest BCUT2D eigenvalue weighted by molar-refractivity contribution is 5.79. The summed E-state index contributed by atoms with van der Waals surface area (Å²) in [7, 11) is 3.80. The lowest BCUT2D eigenvalue weighted by Gasteiger charge is -2.22. The van der Waals surface area contributed by atoms with Crippen molar-refractivity contribution in [3.05, 3.63) is 42.0 Å². The molecule has 0 atom stereocenters. The Morgan fingerprint density at radius 1 is 1.36 bits per heavy atom. The molecule has 0 bridgehead atoms. The number of aromatic nitrogens is 3. The van der Waals surface area contributed by atoms with Gasteiger partial charge in [0.1, 0.15) is 24.5 Å². The van der Waals surface area contributed by atoms with Crippen LogP contribution in [-0.4, -0.2) is 59.4 Å². The van der Waals surface area contributed by atoms with Gasteiger partial charge in [-0.25, -0.2) is 0 Å². The highest BCUT2D eigenvalue weighted by Gasteiger charge is 2.07. The molecule has 1 aromatic carbocycles. The molecule has 0 aliphatic heterocycles. The fourth-order valence-corrected chi connectivity index (χ4v) is 2.53. The van der Waals surface area contributed by atoms with Gasteiger partial charge in [0.2, 0.25) is 0 Å². The van der Waals surface area contributed by atoms with Gasteiger partial charge in [-0.1, -0.05) is 25.1 Å². The number of aryl methyl sites for hydroxylation is 2. The van der Waals surface area contributed by atoms with E-state index in [-0.39, 0.29) is 0 Å². The third kappa shape index (κ3) is 5.48. The monoisotopic (exact) mass is 344 g/mol. The molecule has 0 amide bonds. The number of guanidine groups is 1. The van der Waals surface area contributed by atoms with E-state index in [4.69, 9.17) is 4.74 Å². The molecule has 136 valence electrons. The summed E-state index contributed by atoms with van der Waals surface area (Å²) in [6.45, 7) is 7.06. The first-order valence-corrected chi connectivity index (χ1v) is 8.62. The van der Waals surface area contributed by atoms with Crippen LogP contribution in [0.3, 0.4) is 0 Å². The van der Waals surface area contributed by atoms with Gasteiger partial charge in [0, 0.05) is 33.6 Å². The summed E-state index contributed by atoms with van der Waals surface area (Å²) in [5, 5.41) is 11.4. The molecule has 0 radical (unpaired) electrons. The second-order valence-corrected chi connectivity index (χ2v) is 5.80. The fraction of sp³-hybridized carbons (Fsp3) is 0.500. The Bertz CT molecular complexity index is 682. The van der Waals surface area contributed by atoms with Crippen molar-refractivity contribution in [3.63, 3.8) is 0 Å². The van der Waals surface area contributed by atoms with Gasteiger partial charge in [-0.2, -0.15) is 0 Å². The van der Waals surface area contributed by atoms with E-state index < -0.39 is 0 Å². The van der Waals surface area contributed by atoms with Crippen LogP contribution in [0, 0.1) is 6.92 Å². The Hall–Kier alpha value is -2.57. The van der Waals surface area contributed by atoms with E-state index >= 15 is 0 Å². The topological polar surface area (TPSA) is 67.6 Å². The van der Waals surface area contributed by atoms with Gasteiger partial charge in [-0.05, 0) is 18.6 Å². The van der Waals surface area contributed by atoms with Crippen LogP contribution in [0.15, 0.2) is 35.6 Å². The number of nitrogens with zero attached hydrogens (tertiary/aromatic N) is 5. The maximum Gasteiger partial charge on any atom is 0.193 e. The van der Waals surface area contributed by atoms with Crippen LogP contribution in [0.25, 0.3) is 0 Å². The Morgan fingerprint density at radius 2 is 2.16 bits per heavy atom. The fourth-order valence-electron chi connectivity index (χ4n) is 2.53. The largest absolute Gasteiger partial charge is 0.491 e. The lowest BCUT2D eigenvalue weighted by molar-refractivity contribution is 0.280. The molecule has 25 heavy (non-hydrogen) atoms. The first-order valence-electron chi connectivity index (χ1n) is 8.62. The van der Waals surface area contributed by atoms with Gasteiger partial charge in [-0.15, -0.1) is 10.2 Å². The third-order valence-electron chi connectivity index (χ3n) is 4.00. The number of hydrogen-bond acceptors (Lipinski definition) is 4. The zero-order chi connectivity index (χ0) is 18.1. The normalized spacial score (nSPS) is 11.4. The van der Waals surface area contributed by atoms with Crippen LogP contribution in [-0.2, 0) is 13.0 Å². The molecule has 0 saturated carbocycles. The number of ether oxygens (including phenoxy) is 1. The summed E-state index contributed by atoms with van der Waals surface area (Å²) in [6, 6.07) is 8.05. The average molecular weight is 344 g/mol. The molecule has 0 spiro atoms. The molecule has 2 rings (SSSR count). The molecule has 1 heterocycles. The summed E-state index contributed by atoms with van der Waals surface area (Å²) in [6.07, 6.45) is 2.65. The first kappa shape index (κ1) is 18.8. The zero-order valence-electron chi connectivity index (χ0n) is 15.6. The van der Waals surface area contributed by atoms with Crippen molar-refractivity contribution in [2.45, 2.75) is 26.8 Å². The molecular formula is C18H28N6O. The number of benzene rings is 1. The minimum Gasteiger partial charge on any atom is -0.491 e. The van der Waals surface area contributed by atoms with E-state index in [0.29, 0.717) is 6.61 Å². The third-order valence-corrected chi connectivity index (χ3v) is 4.00. The van der Waals surface area contributed by atoms with Crippen molar-refractivity contribution in [2.24, 2.45) is 4.99 Å². The van der Waals surface area contributed by atoms with Gasteiger partial charge in [0.15, 0.2) is 5.96 Å². The van der Waals surface area contributed by atoms with Gasteiger partial charge < -0.3 is 19.5 Å². The molecule has 1 N–H and O–H groups in total. The van der Waals surface area contributed by atoms with E-state index in [1.54, 1.807) is 13.4 Å². The van der Waals surface area contributed by atoms with Crippen molar-refractivity contribution in [3.8, 4) is 5.75 Å². The summed E-state index contributed by atoms with van der Waals surface area (Å²) >= 11 is 0. The SMILES string of the molecule is CCc1nncn1CCNC(=NC)N(C)CCOc1ccccc1C. The van der Waals surface area contributed by atoms with E-state index in [1.807, 2.05) is 25.2 Å². The van der Waals surface area contributed by atoms with Crippen molar-refractivity contribution >= 4 is 5.96 Å². The maximum absolute atomic E-state index is 5.85. The molecule has 1 aromatic heterocycles. The molecular weight excluding hydrogens is 316 g/mol. The van der Waals surface area contributed by atoms with Gasteiger partial charge in [-0.3, -0.25) is 4.99 Å². The minimum absolute atomic E-state index is 0.605. The number of likely N-dealkylation sites (N-methyl/N-ethyl adjacent to an activating group) is 1. The lowest BCUT2D eigenvalue weighted by Crippen LogP contribution is -2.42. The standard InChI is InChI=1S/C18H28N6O/c1-5-17-22-21-14-24(17)11-10-20-18(19-3)23(4)12-13-25-16-9-7-6-8-15(16)2/h6-9,14H,5,10-13H2,1-4H3,(H,19,20). The molecule has 0 saturated heterocycles. The zero-order valence-corrected chi connectivity index (χ0v) is 15.6. The second kappa shape index (κ2) is 9.66. The van der Waals surface area contributed by atoms with Crippen LogP contribution >= 0.6 is 0 Å². The highest BCUT2D eigenvalue weighted by Crippen LogP contribution is 2.15. The summed E-state index contributed by atoms with van der Waals surface area (Å²) in [5.74, 6) is 2.77. The Labute approximate surface area is 149 Å². The maximum atomic E-state index is 5.85. The van der Waals surface area contributed by atoms with E-state index in [2.05, 4.69) is 49.9 Å². The molecule has 0 unspecified atom stereocenters. The Balaban J connectivity index is 1.75. The first-order chi connectivity index (χ1) is 12.2. The molecule has 0 aliphatic rings. The van der Waals surface area contributed by atoms with Crippen molar-refractivity contribution < 1.29 is 4.74 Å². The summed E-state index contributed by atoms with van der Waals surface area (Å²) in [5.41, 5.74) is 1.15.